The lowest BCUT2D eigenvalue weighted by atomic mass is 10.0. The van der Waals surface area contributed by atoms with Gasteiger partial charge in [-0.05, 0) is 97.6 Å². The number of anilines is 1. The van der Waals surface area contributed by atoms with Crippen LogP contribution in [0, 0.1) is 0 Å². The van der Waals surface area contributed by atoms with E-state index in [0.717, 1.165) is 5.56 Å². The van der Waals surface area contributed by atoms with Crippen LogP contribution in [0.25, 0.3) is 11.4 Å². The molecule has 6 rings (SSSR count). The molecule has 1 aliphatic rings. The third-order valence-electron chi connectivity index (χ3n) is 9.67. The second-order valence-corrected chi connectivity index (χ2v) is 17.8. The molecule has 1 unspecified atom stereocenters. The molecule has 19 heteroatoms. The number of nitrogens with zero attached hydrogens (tertiary/aromatic N) is 6. The smallest absolute Gasteiger partial charge is 0.407 e. The van der Waals surface area contributed by atoms with E-state index in [1.807, 2.05) is 12.1 Å². The minimum absolute atomic E-state index is 0.119. The first kappa shape index (κ1) is 43.9. The fourth-order valence-electron chi connectivity index (χ4n) is 6.70. The summed E-state index contributed by atoms with van der Waals surface area (Å²) in [6.45, 7) is 4.79. The highest BCUT2D eigenvalue weighted by Crippen LogP contribution is 2.41. The van der Waals surface area contributed by atoms with Crippen LogP contribution >= 0.6 is 0 Å². The molecule has 0 aliphatic carbocycles. The summed E-state index contributed by atoms with van der Waals surface area (Å²) in [4.78, 5) is 14.5. The molecule has 0 bridgehead atoms. The monoisotopic (exact) mass is 865 g/mol. The number of alkyl carbamates (subject to hydrolysis) is 1. The van der Waals surface area contributed by atoms with Gasteiger partial charge in [0.2, 0.25) is 15.8 Å². The van der Waals surface area contributed by atoms with Crippen molar-refractivity contribution in [1.82, 2.24) is 29.8 Å². The molecule has 1 fully saturated rings. The maximum absolute atomic E-state index is 16.1. The lowest BCUT2D eigenvalue weighted by Crippen LogP contribution is -2.53. The molecule has 1 amide bonds. The molecule has 3 atom stereocenters. The zero-order chi connectivity index (χ0) is 43.2. The molecule has 0 radical (unpaired) electrons. The second-order valence-electron chi connectivity index (χ2n) is 15.0. The van der Waals surface area contributed by atoms with Crippen LogP contribution in [-0.2, 0) is 45.5 Å². The predicted octanol–water partition coefficient (Wildman–Crippen LogP) is 5.83. The number of hydrogen-bond donors (Lipinski definition) is 2. The summed E-state index contributed by atoms with van der Waals surface area (Å²) in [5.74, 6) is 1.60. The van der Waals surface area contributed by atoms with Gasteiger partial charge in [0.05, 0.1) is 50.9 Å². The average Bonchev–Trinajstić information content (AvgIpc) is 3.69. The Morgan fingerprint density at radius 1 is 0.883 bits per heavy atom. The van der Waals surface area contributed by atoms with Crippen molar-refractivity contribution in [2.24, 2.45) is 0 Å². The van der Waals surface area contributed by atoms with Gasteiger partial charge in [0.25, 0.3) is 0 Å². The van der Waals surface area contributed by atoms with Crippen molar-refractivity contribution in [3.63, 3.8) is 0 Å². The van der Waals surface area contributed by atoms with Crippen molar-refractivity contribution in [2.75, 3.05) is 39.3 Å². The van der Waals surface area contributed by atoms with Crippen LogP contribution in [0.4, 0.5) is 14.9 Å². The molecular weight excluding hydrogens is 818 g/mol. The van der Waals surface area contributed by atoms with E-state index in [0.29, 0.717) is 28.4 Å². The highest BCUT2D eigenvalue weighted by atomic mass is 32.2. The summed E-state index contributed by atoms with van der Waals surface area (Å²) in [7, 11) is -0.172. The zero-order valence-electron chi connectivity index (χ0n) is 34.1. The number of ether oxygens (including phenoxy) is 4. The van der Waals surface area contributed by atoms with Gasteiger partial charge < -0.3 is 33.7 Å². The lowest BCUT2D eigenvalue weighted by Gasteiger charge is -2.37. The standard InChI is InChI=1S/C41H48FN7O9S2/c1-41(2,3)58-40(50)43-34-21-22-47(26-33(34)42)35-19-20-36(59(51)52)38(37(35)39-44-46-49(45-39)25-29-11-17-32(57-6)18-12-29)60(53,54)48(23-27-7-13-30(55-4)14-8-27)24-28-9-15-31(56-5)16-10-28/h7-20,33-34H,21-26H2,1-6H3,(H,43,50)(H,51,52)/t33-,34+/m0/s1. The van der Waals surface area contributed by atoms with Crippen molar-refractivity contribution >= 4 is 32.9 Å². The molecule has 320 valence electrons. The Morgan fingerprint density at radius 3 is 1.90 bits per heavy atom. The van der Waals surface area contributed by atoms with Crippen LogP contribution in [0.15, 0.2) is 94.7 Å². The van der Waals surface area contributed by atoms with Crippen LogP contribution in [0.5, 0.6) is 17.2 Å². The summed E-state index contributed by atoms with van der Waals surface area (Å²) in [6.07, 6.45) is -2.26. The fourth-order valence-corrected chi connectivity index (χ4v) is 9.35. The average molecular weight is 866 g/mol. The van der Waals surface area contributed by atoms with Gasteiger partial charge in [0.15, 0.2) is 11.1 Å². The van der Waals surface area contributed by atoms with Crippen molar-refractivity contribution in [2.45, 2.75) is 74.4 Å². The Kier molecular flexibility index (Phi) is 13.7. The normalized spacial score (nSPS) is 16.3. The highest BCUT2D eigenvalue weighted by molar-refractivity contribution is 7.90. The maximum Gasteiger partial charge on any atom is 0.407 e. The van der Waals surface area contributed by atoms with Crippen LogP contribution in [0.1, 0.15) is 43.9 Å². The number of piperidine rings is 1. The second kappa shape index (κ2) is 18.7. The van der Waals surface area contributed by atoms with E-state index < -0.39 is 54.8 Å². The van der Waals surface area contributed by atoms with Gasteiger partial charge in [-0.1, -0.05) is 36.4 Å². The zero-order valence-corrected chi connectivity index (χ0v) is 35.7. The van der Waals surface area contributed by atoms with E-state index in [4.69, 9.17) is 18.9 Å². The molecule has 16 nitrogen and oxygen atoms in total. The van der Waals surface area contributed by atoms with Gasteiger partial charge in [-0.3, -0.25) is 0 Å². The minimum atomic E-state index is -4.77. The Morgan fingerprint density at radius 2 is 1.42 bits per heavy atom. The number of hydrogen-bond acceptors (Lipinski definition) is 12. The van der Waals surface area contributed by atoms with E-state index in [2.05, 4.69) is 20.7 Å². The maximum atomic E-state index is 16.1. The number of carbonyl (C=O) groups is 1. The Bertz CT molecular complexity index is 2340. The van der Waals surface area contributed by atoms with Crippen molar-refractivity contribution in [3.8, 4) is 28.6 Å². The molecule has 0 spiro atoms. The van der Waals surface area contributed by atoms with Crippen molar-refractivity contribution in [3.05, 3.63) is 102 Å². The highest BCUT2D eigenvalue weighted by Gasteiger charge is 2.39. The SMILES string of the molecule is COc1ccc(CN(Cc2ccc(OC)cc2)S(=O)(=O)c2c(S(=O)O)ccc(N3CC[C@@H](NC(=O)OC(C)(C)C)[C@@H](F)C3)c2-c2nnn(Cc3ccc(OC)cc3)n2)cc1. The van der Waals surface area contributed by atoms with Gasteiger partial charge >= 0.3 is 6.09 Å². The summed E-state index contributed by atoms with van der Waals surface area (Å²) in [6, 6.07) is 22.6. The predicted molar refractivity (Wildman–Crippen MR) is 222 cm³/mol. The van der Waals surface area contributed by atoms with E-state index in [1.165, 1.54) is 35.5 Å². The van der Waals surface area contributed by atoms with Crippen molar-refractivity contribution < 1.29 is 45.3 Å². The number of nitrogens with one attached hydrogen (secondary N) is 1. The van der Waals surface area contributed by atoms with Gasteiger partial charge in [-0.25, -0.2) is 21.8 Å². The number of rotatable bonds is 15. The first-order valence-corrected chi connectivity index (χ1v) is 21.5. The number of sulfonamides is 1. The number of amides is 1. The fraction of sp³-hybridized carbons (Fsp3) is 0.366. The topological polar surface area (TPSA) is 188 Å². The van der Waals surface area contributed by atoms with Crippen LogP contribution in [-0.4, -0.2) is 100 Å². The summed E-state index contributed by atoms with van der Waals surface area (Å²) in [5, 5.41) is 15.7. The molecule has 2 heterocycles. The van der Waals surface area contributed by atoms with Crippen LogP contribution in [0.2, 0.25) is 0 Å². The largest absolute Gasteiger partial charge is 0.497 e. The van der Waals surface area contributed by atoms with Gasteiger partial charge in [-0.15, -0.1) is 10.2 Å². The van der Waals surface area contributed by atoms with Crippen molar-refractivity contribution in [1.29, 1.82) is 0 Å². The number of aromatic nitrogens is 4. The Labute approximate surface area is 350 Å². The van der Waals surface area contributed by atoms with Gasteiger partial charge in [0.1, 0.15) is 33.9 Å². The molecule has 0 saturated carbocycles. The Hall–Kier alpha value is -5.63. The Balaban J connectivity index is 1.48. The summed E-state index contributed by atoms with van der Waals surface area (Å²) >= 11 is -2.85. The molecule has 1 saturated heterocycles. The van der Waals surface area contributed by atoms with E-state index in [-0.39, 0.29) is 56.2 Å². The van der Waals surface area contributed by atoms with Gasteiger partial charge in [-0.2, -0.15) is 9.10 Å². The lowest BCUT2D eigenvalue weighted by molar-refractivity contribution is 0.0463. The number of tetrazole rings is 1. The molecule has 60 heavy (non-hydrogen) atoms. The quantitative estimate of drug-likeness (QED) is 0.120. The number of methoxy groups -OCH3 is 3. The number of carbonyl (C=O) groups excluding carboxylic acids is 1. The van der Waals surface area contributed by atoms with Crippen LogP contribution in [0.3, 0.4) is 0 Å². The molecule has 1 aromatic heterocycles. The molecular formula is C41H48FN7O9S2. The van der Waals surface area contributed by atoms with E-state index >= 15 is 12.8 Å². The first-order valence-electron chi connectivity index (χ1n) is 18.9. The third kappa shape index (κ3) is 10.6. The van der Waals surface area contributed by atoms with E-state index in [9.17, 15) is 13.6 Å². The number of alkyl halides is 1. The minimum Gasteiger partial charge on any atom is -0.497 e. The number of benzene rings is 4. The van der Waals surface area contributed by atoms with Gasteiger partial charge in [0, 0.05) is 25.3 Å². The summed E-state index contributed by atoms with van der Waals surface area (Å²) in [5.41, 5.74) is 1.22. The molecule has 5 aromatic rings. The summed E-state index contributed by atoms with van der Waals surface area (Å²) < 4.78 is 93.4. The number of halogens is 1. The molecule has 1 aliphatic heterocycles. The first-order chi connectivity index (χ1) is 28.6. The molecule has 2 N–H and O–H groups in total. The third-order valence-corrected chi connectivity index (χ3v) is 12.4. The molecule has 4 aromatic carbocycles. The van der Waals surface area contributed by atoms with Crippen LogP contribution < -0.4 is 24.4 Å². The van der Waals surface area contributed by atoms with E-state index in [1.54, 1.807) is 93.4 Å².